The molecule has 0 bridgehead atoms. The van der Waals surface area contributed by atoms with Gasteiger partial charge >= 0.3 is 0 Å². The van der Waals surface area contributed by atoms with Crippen LogP contribution in [0.4, 0.5) is 5.69 Å². The fourth-order valence-electron chi connectivity index (χ4n) is 2.63. The first-order valence-corrected chi connectivity index (χ1v) is 10.5. The van der Waals surface area contributed by atoms with Crippen LogP contribution in [0.2, 0.25) is 5.02 Å². The summed E-state index contributed by atoms with van der Waals surface area (Å²) in [5, 5.41) is 3.33. The number of amides is 1. The predicted molar refractivity (Wildman–Crippen MR) is 106 cm³/mol. The van der Waals surface area contributed by atoms with E-state index in [-0.39, 0.29) is 18.4 Å². The predicted octanol–water partition coefficient (Wildman–Crippen LogP) is 3.33. The number of halogens is 1. The molecule has 0 aliphatic heterocycles. The lowest BCUT2D eigenvalue weighted by atomic mass is 10.0. The molecule has 5 nitrogen and oxygen atoms in total. The van der Waals surface area contributed by atoms with E-state index in [2.05, 4.69) is 5.32 Å². The van der Waals surface area contributed by atoms with Gasteiger partial charge in [0, 0.05) is 11.6 Å². The van der Waals surface area contributed by atoms with E-state index in [1.165, 1.54) is 0 Å². The van der Waals surface area contributed by atoms with Crippen molar-refractivity contribution in [3.63, 3.8) is 0 Å². The van der Waals surface area contributed by atoms with Crippen LogP contribution in [-0.4, -0.2) is 33.7 Å². The van der Waals surface area contributed by atoms with Gasteiger partial charge in [-0.1, -0.05) is 48.9 Å². The molecule has 140 valence electrons. The summed E-state index contributed by atoms with van der Waals surface area (Å²) in [7, 11) is -3.61. The smallest absolute Gasteiger partial charge is 0.240 e. The summed E-state index contributed by atoms with van der Waals surface area (Å²) in [5.74, 6) is -0.225. The Balaban J connectivity index is 2.08. The molecule has 1 atom stereocenters. The molecular weight excluding hydrogens is 372 g/mol. The molecule has 0 spiro atoms. The largest absolute Gasteiger partial charge is 0.354 e. The summed E-state index contributed by atoms with van der Waals surface area (Å²) in [6.07, 6.45) is 1.08. The van der Waals surface area contributed by atoms with Crippen LogP contribution in [-0.2, 0) is 14.8 Å². The van der Waals surface area contributed by atoms with E-state index in [1.807, 2.05) is 37.3 Å². The highest BCUT2D eigenvalue weighted by atomic mass is 35.5. The van der Waals surface area contributed by atoms with Gasteiger partial charge < -0.3 is 5.32 Å². The lowest BCUT2D eigenvalue weighted by Crippen LogP contribution is -2.41. The molecule has 2 aromatic carbocycles. The van der Waals surface area contributed by atoms with E-state index in [1.54, 1.807) is 25.1 Å². The maximum Gasteiger partial charge on any atom is 0.240 e. The van der Waals surface area contributed by atoms with Crippen LogP contribution in [0.1, 0.15) is 24.0 Å². The molecule has 0 fully saturated rings. The first-order chi connectivity index (χ1) is 12.2. The Morgan fingerprint density at radius 1 is 1.19 bits per heavy atom. The Morgan fingerprint density at radius 3 is 2.42 bits per heavy atom. The molecule has 26 heavy (non-hydrogen) atoms. The maximum absolute atomic E-state index is 12.3. The number of anilines is 1. The van der Waals surface area contributed by atoms with E-state index >= 15 is 0 Å². The molecular formula is C19H23ClN2O3S. The van der Waals surface area contributed by atoms with Crippen LogP contribution < -0.4 is 9.62 Å². The number of rotatable bonds is 7. The van der Waals surface area contributed by atoms with Gasteiger partial charge in [-0.2, -0.15) is 0 Å². The molecule has 1 unspecified atom stereocenters. The highest BCUT2D eigenvalue weighted by Gasteiger charge is 2.22. The molecule has 2 rings (SSSR count). The van der Waals surface area contributed by atoms with E-state index in [0.29, 0.717) is 22.8 Å². The highest BCUT2D eigenvalue weighted by molar-refractivity contribution is 7.92. The molecule has 0 radical (unpaired) electrons. The molecule has 7 heteroatoms. The molecule has 0 saturated heterocycles. The Kier molecular flexibility index (Phi) is 6.67. The Bertz CT molecular complexity index is 870. The topological polar surface area (TPSA) is 66.5 Å². The monoisotopic (exact) mass is 394 g/mol. The lowest BCUT2D eigenvalue weighted by Gasteiger charge is -2.24. The van der Waals surface area contributed by atoms with Gasteiger partial charge in [0.2, 0.25) is 15.9 Å². The minimum atomic E-state index is -3.61. The second-order valence-corrected chi connectivity index (χ2v) is 8.66. The van der Waals surface area contributed by atoms with Gasteiger partial charge in [0.15, 0.2) is 0 Å². The zero-order chi connectivity index (χ0) is 19.3. The number of nitrogens with zero attached hydrogens (tertiary/aromatic N) is 1. The SMILES string of the molecule is Cc1cc(Cl)ccc1N(CC(=O)NCC(C)c1ccccc1)S(C)(=O)=O. The average Bonchev–Trinajstić information content (AvgIpc) is 2.58. The van der Waals surface area contributed by atoms with E-state index < -0.39 is 10.0 Å². The van der Waals surface area contributed by atoms with Crippen LogP contribution in [0.25, 0.3) is 0 Å². The Labute approximate surface area is 160 Å². The minimum absolute atomic E-state index is 0.129. The van der Waals surface area contributed by atoms with Gasteiger partial charge in [0.1, 0.15) is 6.54 Å². The number of sulfonamides is 1. The molecule has 2 aromatic rings. The highest BCUT2D eigenvalue weighted by Crippen LogP contribution is 2.25. The third kappa shape index (κ3) is 5.47. The lowest BCUT2D eigenvalue weighted by molar-refractivity contribution is -0.119. The minimum Gasteiger partial charge on any atom is -0.354 e. The standard InChI is InChI=1S/C19H23ClN2O3S/c1-14-11-17(20)9-10-18(14)22(26(3,24)25)13-19(23)21-12-15(2)16-7-5-4-6-8-16/h4-11,15H,12-13H2,1-3H3,(H,21,23). The van der Waals surface area contributed by atoms with Gasteiger partial charge in [0.25, 0.3) is 0 Å². The van der Waals surface area contributed by atoms with Crippen molar-refractivity contribution in [1.29, 1.82) is 0 Å². The summed E-state index contributed by atoms with van der Waals surface area (Å²) in [6, 6.07) is 14.7. The number of carbonyl (C=O) groups is 1. The van der Waals surface area contributed by atoms with Crippen molar-refractivity contribution >= 4 is 33.2 Å². The molecule has 0 heterocycles. The van der Waals surface area contributed by atoms with Crippen LogP contribution in [0.3, 0.4) is 0 Å². The van der Waals surface area contributed by atoms with E-state index in [0.717, 1.165) is 16.1 Å². The first kappa shape index (κ1) is 20.3. The normalized spacial score (nSPS) is 12.5. The van der Waals surface area contributed by atoms with Crippen molar-refractivity contribution in [3.05, 3.63) is 64.7 Å². The van der Waals surface area contributed by atoms with Gasteiger partial charge in [-0.3, -0.25) is 9.10 Å². The number of hydrogen-bond donors (Lipinski definition) is 1. The van der Waals surface area contributed by atoms with Gasteiger partial charge in [-0.05, 0) is 42.2 Å². The van der Waals surface area contributed by atoms with Crippen molar-refractivity contribution in [3.8, 4) is 0 Å². The number of nitrogens with one attached hydrogen (secondary N) is 1. The van der Waals surface area contributed by atoms with Crippen molar-refractivity contribution in [2.75, 3.05) is 23.7 Å². The van der Waals surface area contributed by atoms with E-state index in [9.17, 15) is 13.2 Å². The van der Waals surface area contributed by atoms with Crippen molar-refractivity contribution in [2.45, 2.75) is 19.8 Å². The van der Waals surface area contributed by atoms with Crippen LogP contribution in [0.5, 0.6) is 0 Å². The summed E-state index contributed by atoms with van der Waals surface area (Å²) in [6.45, 7) is 3.92. The fraction of sp³-hybridized carbons (Fsp3) is 0.316. The molecule has 0 saturated carbocycles. The van der Waals surface area contributed by atoms with E-state index in [4.69, 9.17) is 11.6 Å². The number of carbonyl (C=O) groups excluding carboxylic acids is 1. The zero-order valence-electron chi connectivity index (χ0n) is 15.1. The van der Waals surface area contributed by atoms with Crippen LogP contribution in [0, 0.1) is 6.92 Å². The fourth-order valence-corrected chi connectivity index (χ4v) is 3.77. The number of aryl methyl sites for hydroxylation is 1. The Morgan fingerprint density at radius 2 is 1.85 bits per heavy atom. The maximum atomic E-state index is 12.3. The summed E-state index contributed by atoms with van der Waals surface area (Å²) in [5.41, 5.74) is 2.25. The summed E-state index contributed by atoms with van der Waals surface area (Å²) < 4.78 is 25.5. The number of hydrogen-bond acceptors (Lipinski definition) is 3. The molecule has 0 aromatic heterocycles. The van der Waals surface area contributed by atoms with Crippen molar-refractivity contribution in [1.82, 2.24) is 5.32 Å². The first-order valence-electron chi connectivity index (χ1n) is 8.24. The van der Waals surface area contributed by atoms with Gasteiger partial charge in [-0.15, -0.1) is 0 Å². The average molecular weight is 395 g/mol. The Hall–Kier alpha value is -2.05. The third-order valence-electron chi connectivity index (χ3n) is 4.09. The van der Waals surface area contributed by atoms with Crippen LogP contribution >= 0.6 is 11.6 Å². The van der Waals surface area contributed by atoms with Gasteiger partial charge in [0.05, 0.1) is 11.9 Å². The molecule has 1 amide bonds. The molecule has 0 aliphatic carbocycles. The summed E-state index contributed by atoms with van der Waals surface area (Å²) >= 11 is 5.94. The third-order valence-corrected chi connectivity index (χ3v) is 5.45. The van der Waals surface area contributed by atoms with Gasteiger partial charge in [-0.25, -0.2) is 8.42 Å². The quantitative estimate of drug-likeness (QED) is 0.783. The second kappa shape index (κ2) is 8.56. The van der Waals surface area contributed by atoms with Crippen molar-refractivity contribution in [2.24, 2.45) is 0 Å². The molecule has 0 aliphatic rings. The zero-order valence-corrected chi connectivity index (χ0v) is 16.6. The molecule has 1 N–H and O–H groups in total. The second-order valence-electron chi connectivity index (χ2n) is 6.32. The summed E-state index contributed by atoms with van der Waals surface area (Å²) in [4.78, 5) is 12.3. The van der Waals surface area contributed by atoms with Crippen LogP contribution in [0.15, 0.2) is 48.5 Å². The number of benzene rings is 2. The van der Waals surface area contributed by atoms with Crippen molar-refractivity contribution < 1.29 is 13.2 Å².